The molecule has 2 aliphatic rings. The van der Waals surface area contributed by atoms with Crippen molar-refractivity contribution in [3.63, 3.8) is 0 Å². The fourth-order valence-corrected chi connectivity index (χ4v) is 4.86. The van der Waals surface area contributed by atoms with E-state index < -0.39 is 28.2 Å². The highest BCUT2D eigenvalue weighted by atomic mass is 32.2. The van der Waals surface area contributed by atoms with Gasteiger partial charge < -0.3 is 20.7 Å². The average Bonchev–Trinajstić information content (AvgIpc) is 3.14. The molecule has 0 saturated heterocycles. The quantitative estimate of drug-likeness (QED) is 0.658. The summed E-state index contributed by atoms with van der Waals surface area (Å²) < 4.78 is 30.6. The zero-order chi connectivity index (χ0) is 22.9. The summed E-state index contributed by atoms with van der Waals surface area (Å²) >= 11 is 0. The monoisotopic (exact) mass is 461 g/mol. The first-order valence-electron chi connectivity index (χ1n) is 10.1. The second kappa shape index (κ2) is 8.77. The van der Waals surface area contributed by atoms with E-state index in [9.17, 15) is 13.4 Å². The van der Waals surface area contributed by atoms with Gasteiger partial charge in [-0.2, -0.15) is 4.98 Å². The number of nitrogens with two attached hydrogens (primary N) is 1. The summed E-state index contributed by atoms with van der Waals surface area (Å²) in [5, 5.41) is 3.25. The van der Waals surface area contributed by atoms with Crippen LogP contribution in [0.1, 0.15) is 31.8 Å². The number of primary amides is 1. The molecule has 10 nitrogen and oxygen atoms in total. The number of carbonyl (C=O) groups excluding carboxylic acids is 1. The van der Waals surface area contributed by atoms with E-state index >= 15 is 0 Å². The molecule has 0 spiro atoms. The third kappa shape index (κ3) is 4.85. The van der Waals surface area contributed by atoms with Crippen molar-refractivity contribution in [1.82, 2.24) is 19.9 Å². The molecule has 2 aliphatic heterocycles. The average molecular weight is 462 g/mol. The lowest BCUT2D eigenvalue weighted by atomic mass is 10.1. The van der Waals surface area contributed by atoms with Gasteiger partial charge in [-0.15, -0.1) is 0 Å². The van der Waals surface area contributed by atoms with Gasteiger partial charge >= 0.3 is 6.09 Å². The number of amides is 1. The number of halogens is 1. The minimum absolute atomic E-state index is 0.0244. The number of nitrogens with zero attached hydrogens (tertiary/aromatic N) is 5. The van der Waals surface area contributed by atoms with E-state index in [2.05, 4.69) is 25.3 Å². The first-order valence-corrected chi connectivity index (χ1v) is 11.5. The van der Waals surface area contributed by atoms with Crippen molar-refractivity contribution in [2.75, 3.05) is 35.7 Å². The van der Waals surface area contributed by atoms with Gasteiger partial charge in [-0.25, -0.2) is 24.1 Å². The molecule has 0 fully saturated rings. The van der Waals surface area contributed by atoms with E-state index in [0.717, 1.165) is 23.7 Å². The Morgan fingerprint density at radius 2 is 2.06 bits per heavy atom. The molecule has 0 saturated carbocycles. The molecule has 0 aromatic carbocycles. The first-order chi connectivity index (χ1) is 15.2. The number of anilines is 2. The van der Waals surface area contributed by atoms with Crippen molar-refractivity contribution >= 4 is 34.2 Å². The van der Waals surface area contributed by atoms with Crippen molar-refractivity contribution in [1.29, 1.82) is 0 Å². The summed E-state index contributed by atoms with van der Waals surface area (Å²) in [5.41, 5.74) is 6.09. The highest BCUT2D eigenvalue weighted by molar-refractivity contribution is 7.85. The lowest BCUT2D eigenvalue weighted by Crippen LogP contribution is -2.39. The maximum Gasteiger partial charge on any atom is 0.404 e. The number of hydrogen-bond donors (Lipinski definition) is 2. The van der Waals surface area contributed by atoms with Crippen molar-refractivity contribution in [2.45, 2.75) is 37.1 Å². The van der Waals surface area contributed by atoms with E-state index in [1.54, 1.807) is 0 Å². The molecule has 1 atom stereocenters. The van der Waals surface area contributed by atoms with E-state index in [4.69, 9.17) is 10.5 Å². The number of fused-ring (bicyclic) bond motifs is 1. The predicted molar refractivity (Wildman–Crippen MR) is 117 cm³/mol. The summed E-state index contributed by atoms with van der Waals surface area (Å²) in [7, 11) is -1.20. The van der Waals surface area contributed by atoms with Crippen LogP contribution in [-0.2, 0) is 22.0 Å². The minimum atomic E-state index is -1.20. The Morgan fingerprint density at radius 3 is 2.72 bits per heavy atom. The van der Waals surface area contributed by atoms with Gasteiger partial charge in [-0.1, -0.05) is 6.08 Å². The van der Waals surface area contributed by atoms with Crippen LogP contribution in [0.5, 0.6) is 0 Å². The van der Waals surface area contributed by atoms with Crippen molar-refractivity contribution < 1.29 is 18.1 Å². The van der Waals surface area contributed by atoms with Crippen molar-refractivity contribution in [3.05, 3.63) is 35.8 Å². The lowest BCUT2D eigenvalue weighted by molar-refractivity contribution is 0.138. The molecule has 1 amide bonds. The molecule has 4 heterocycles. The van der Waals surface area contributed by atoms with Gasteiger partial charge in [0, 0.05) is 25.3 Å². The van der Waals surface area contributed by atoms with E-state index in [1.807, 2.05) is 24.8 Å². The number of nitrogens with one attached hydrogen (secondary N) is 1. The Bertz CT molecular complexity index is 1090. The lowest BCUT2D eigenvalue weighted by Gasteiger charge is -2.29. The third-order valence-electron chi connectivity index (χ3n) is 5.11. The summed E-state index contributed by atoms with van der Waals surface area (Å²) in [6.45, 7) is 4.85. The minimum Gasteiger partial charge on any atom is -0.447 e. The van der Waals surface area contributed by atoms with Crippen molar-refractivity contribution in [3.8, 4) is 0 Å². The van der Waals surface area contributed by atoms with E-state index in [0.29, 0.717) is 54.2 Å². The Hall–Kier alpha value is -3.15. The molecule has 32 heavy (non-hydrogen) atoms. The second-order valence-electron chi connectivity index (χ2n) is 8.21. The van der Waals surface area contributed by atoms with Crippen LogP contribution in [0.3, 0.4) is 0 Å². The second-order valence-corrected chi connectivity index (χ2v) is 9.72. The molecule has 4 rings (SSSR count). The van der Waals surface area contributed by atoms with Gasteiger partial charge in [0.2, 0.25) is 5.95 Å². The molecule has 2 aromatic rings. The predicted octanol–water partition coefficient (Wildman–Crippen LogP) is 1.65. The molecule has 12 heteroatoms. The van der Waals surface area contributed by atoms with Crippen LogP contribution in [0.4, 0.5) is 21.0 Å². The van der Waals surface area contributed by atoms with E-state index in [-0.39, 0.29) is 6.61 Å². The number of aromatic nitrogens is 4. The number of aryl methyl sites for hydroxylation is 1. The molecule has 0 radical (unpaired) electrons. The maximum absolute atomic E-state index is 13.1. The number of carbonyl (C=O) groups is 1. The first kappa shape index (κ1) is 22.1. The number of rotatable bonds is 6. The molecule has 3 N–H and O–H groups in total. The van der Waals surface area contributed by atoms with Gasteiger partial charge in [0.15, 0.2) is 11.6 Å². The third-order valence-corrected chi connectivity index (χ3v) is 6.57. The molecule has 0 unspecified atom stereocenters. The fourth-order valence-electron chi connectivity index (χ4n) is 3.55. The van der Waals surface area contributed by atoms with Crippen LogP contribution < -0.4 is 16.0 Å². The van der Waals surface area contributed by atoms with Crippen LogP contribution in [0.25, 0.3) is 5.57 Å². The number of ether oxygens (including phenoxy) is 1. The molecular weight excluding hydrogens is 437 g/mol. The molecule has 0 bridgehead atoms. The van der Waals surface area contributed by atoms with E-state index in [1.165, 1.54) is 0 Å². The fraction of sp³-hybridized carbons (Fsp3) is 0.450. The topological polar surface area (TPSA) is 136 Å². The Labute approximate surface area is 187 Å². The van der Waals surface area contributed by atoms with Crippen LogP contribution >= 0.6 is 0 Å². The molecule has 0 aliphatic carbocycles. The Kier molecular flexibility index (Phi) is 6.04. The normalized spacial score (nSPS) is 18.2. The van der Waals surface area contributed by atoms with Gasteiger partial charge in [0.05, 0.1) is 34.4 Å². The summed E-state index contributed by atoms with van der Waals surface area (Å²) in [6, 6.07) is 0. The van der Waals surface area contributed by atoms with Crippen LogP contribution in [0.2, 0.25) is 0 Å². The standard InChI is InChI=1S/C20H24FN7O3S/c1-20(2,11-31-18(22)29)27-17-15-14(5-8-32(15)30)25-19(26-17)28-6-3-12(4-7-28)16-23-9-13(21)10-24-16/h3,9-10H,4-8,11H2,1-2H3,(H2,22,29)(H,25,26,27)/t32-/m1/s1. The summed E-state index contributed by atoms with van der Waals surface area (Å²) in [5.74, 6) is 1.52. The Balaban J connectivity index is 1.58. The van der Waals surface area contributed by atoms with Crippen LogP contribution in [-0.4, -0.2) is 61.2 Å². The van der Waals surface area contributed by atoms with Gasteiger partial charge in [0.25, 0.3) is 0 Å². The molecule has 170 valence electrons. The maximum atomic E-state index is 13.1. The van der Waals surface area contributed by atoms with Gasteiger partial charge in [-0.05, 0) is 25.8 Å². The molecular formula is C20H24FN7O3S. The van der Waals surface area contributed by atoms with Gasteiger partial charge in [0.1, 0.15) is 17.3 Å². The summed E-state index contributed by atoms with van der Waals surface area (Å²) in [6.07, 6.45) is 4.67. The Morgan fingerprint density at radius 1 is 1.31 bits per heavy atom. The summed E-state index contributed by atoms with van der Waals surface area (Å²) in [4.78, 5) is 31.0. The zero-order valence-electron chi connectivity index (χ0n) is 17.8. The largest absolute Gasteiger partial charge is 0.447 e. The highest BCUT2D eigenvalue weighted by Gasteiger charge is 2.31. The van der Waals surface area contributed by atoms with Crippen molar-refractivity contribution in [2.24, 2.45) is 5.73 Å². The highest BCUT2D eigenvalue weighted by Crippen LogP contribution is 2.32. The zero-order valence-corrected chi connectivity index (χ0v) is 18.6. The smallest absolute Gasteiger partial charge is 0.404 e. The molecule has 2 aromatic heterocycles. The van der Waals surface area contributed by atoms with Crippen LogP contribution in [0, 0.1) is 5.82 Å². The van der Waals surface area contributed by atoms with Gasteiger partial charge in [-0.3, -0.25) is 4.21 Å². The number of hydrogen-bond acceptors (Lipinski definition) is 9. The SMILES string of the molecule is CC(C)(COC(N)=O)Nc1nc(N2CC=C(c3ncc(F)cn3)CC2)nc2c1[S@](=O)CC2. The van der Waals surface area contributed by atoms with Crippen LogP contribution in [0.15, 0.2) is 23.4 Å².